The molecule has 0 amide bonds. The van der Waals surface area contributed by atoms with Crippen LogP contribution in [0.1, 0.15) is 20.8 Å². The van der Waals surface area contributed by atoms with Crippen LogP contribution in [-0.4, -0.2) is 54.4 Å². The number of piperazine rings is 1. The van der Waals surface area contributed by atoms with Crippen LogP contribution < -0.4 is 0 Å². The Kier molecular flexibility index (Phi) is 4.09. The summed E-state index contributed by atoms with van der Waals surface area (Å²) in [7, 11) is -3.45. The predicted octanol–water partition coefficient (Wildman–Crippen LogP) is 1.50. The summed E-state index contributed by atoms with van der Waals surface area (Å²) in [6.45, 7) is 8.88. The largest absolute Gasteiger partial charge is 0.508 e. The molecule has 6 heteroatoms. The Labute approximate surface area is 120 Å². The molecule has 0 unspecified atom stereocenters. The lowest BCUT2D eigenvalue weighted by Crippen LogP contribution is -2.54. The first-order chi connectivity index (χ1) is 9.21. The van der Waals surface area contributed by atoms with Crippen molar-refractivity contribution in [2.75, 3.05) is 26.2 Å². The van der Waals surface area contributed by atoms with Gasteiger partial charge < -0.3 is 5.11 Å². The van der Waals surface area contributed by atoms with E-state index in [9.17, 15) is 13.5 Å². The minimum Gasteiger partial charge on any atom is -0.508 e. The van der Waals surface area contributed by atoms with Crippen molar-refractivity contribution in [3.05, 3.63) is 24.3 Å². The molecule has 0 spiro atoms. The molecule has 20 heavy (non-hydrogen) atoms. The van der Waals surface area contributed by atoms with Crippen LogP contribution in [0, 0.1) is 0 Å². The van der Waals surface area contributed by atoms with E-state index in [4.69, 9.17) is 0 Å². The van der Waals surface area contributed by atoms with Crippen molar-refractivity contribution in [3.8, 4) is 5.75 Å². The number of rotatable bonds is 2. The van der Waals surface area contributed by atoms with Crippen molar-refractivity contribution in [2.45, 2.75) is 31.2 Å². The van der Waals surface area contributed by atoms with Gasteiger partial charge in [0.05, 0.1) is 4.90 Å². The number of aromatic hydroxyl groups is 1. The zero-order chi connectivity index (χ0) is 15.0. The third kappa shape index (κ3) is 3.13. The summed E-state index contributed by atoms with van der Waals surface area (Å²) in [6.07, 6.45) is 0. The fourth-order valence-corrected chi connectivity index (χ4v) is 3.79. The fraction of sp³-hybridized carbons (Fsp3) is 0.571. The fourth-order valence-electron chi connectivity index (χ4n) is 2.37. The van der Waals surface area contributed by atoms with Gasteiger partial charge >= 0.3 is 0 Å². The Morgan fingerprint density at radius 1 is 1.00 bits per heavy atom. The molecule has 0 radical (unpaired) electrons. The number of hydrogen-bond acceptors (Lipinski definition) is 4. The molecule has 1 aliphatic rings. The smallest absolute Gasteiger partial charge is 0.243 e. The molecule has 112 valence electrons. The number of phenols is 1. The van der Waals surface area contributed by atoms with Crippen molar-refractivity contribution < 1.29 is 13.5 Å². The lowest BCUT2D eigenvalue weighted by atomic mass is 10.1. The third-order valence-electron chi connectivity index (χ3n) is 3.66. The SMILES string of the molecule is CC(C)(C)N1CCN(S(=O)(=O)c2ccc(O)cc2)CC1. The number of hydrogen-bond donors (Lipinski definition) is 1. The van der Waals surface area contributed by atoms with Crippen molar-refractivity contribution in [2.24, 2.45) is 0 Å². The van der Waals surface area contributed by atoms with E-state index in [2.05, 4.69) is 25.7 Å². The van der Waals surface area contributed by atoms with Crippen LogP contribution in [-0.2, 0) is 10.0 Å². The van der Waals surface area contributed by atoms with E-state index in [1.807, 2.05) is 0 Å². The molecule has 1 saturated heterocycles. The topological polar surface area (TPSA) is 60.9 Å². The number of nitrogens with zero attached hydrogens (tertiary/aromatic N) is 2. The van der Waals surface area contributed by atoms with Crippen LogP contribution in [0.15, 0.2) is 29.2 Å². The van der Waals surface area contributed by atoms with Gasteiger partial charge in [0.1, 0.15) is 5.75 Å². The zero-order valence-corrected chi connectivity index (χ0v) is 13.0. The molecule has 0 atom stereocenters. The Morgan fingerprint density at radius 2 is 1.50 bits per heavy atom. The number of benzene rings is 1. The highest BCUT2D eigenvalue weighted by Gasteiger charge is 2.31. The highest BCUT2D eigenvalue weighted by molar-refractivity contribution is 7.89. The highest BCUT2D eigenvalue weighted by atomic mass is 32.2. The van der Waals surface area contributed by atoms with Gasteiger partial charge in [0.2, 0.25) is 10.0 Å². The first-order valence-electron chi connectivity index (χ1n) is 6.75. The molecule has 1 aliphatic heterocycles. The normalized spacial score (nSPS) is 19.1. The maximum absolute atomic E-state index is 12.5. The Hall–Kier alpha value is -1.11. The molecule has 1 N–H and O–H groups in total. The molecule has 1 aromatic carbocycles. The van der Waals surface area contributed by atoms with Crippen LogP contribution in [0.4, 0.5) is 0 Å². The van der Waals surface area contributed by atoms with Gasteiger partial charge in [-0.25, -0.2) is 8.42 Å². The van der Waals surface area contributed by atoms with E-state index >= 15 is 0 Å². The van der Waals surface area contributed by atoms with E-state index in [1.165, 1.54) is 28.6 Å². The molecular formula is C14H22N2O3S. The van der Waals surface area contributed by atoms with Gasteiger partial charge in [-0.05, 0) is 45.0 Å². The summed E-state index contributed by atoms with van der Waals surface area (Å²) in [6, 6.07) is 5.69. The van der Waals surface area contributed by atoms with E-state index < -0.39 is 10.0 Å². The van der Waals surface area contributed by atoms with Crippen molar-refractivity contribution >= 4 is 10.0 Å². The minimum absolute atomic E-state index is 0.0639. The van der Waals surface area contributed by atoms with E-state index in [-0.39, 0.29) is 16.2 Å². The van der Waals surface area contributed by atoms with Crippen LogP contribution >= 0.6 is 0 Å². The lowest BCUT2D eigenvalue weighted by Gasteiger charge is -2.41. The molecule has 1 heterocycles. The van der Waals surface area contributed by atoms with E-state index in [1.54, 1.807) is 0 Å². The van der Waals surface area contributed by atoms with Crippen LogP contribution in [0.2, 0.25) is 0 Å². The second-order valence-corrected chi connectivity index (χ2v) is 7.99. The van der Waals surface area contributed by atoms with Gasteiger partial charge in [0, 0.05) is 31.7 Å². The van der Waals surface area contributed by atoms with Crippen LogP contribution in [0.5, 0.6) is 5.75 Å². The highest BCUT2D eigenvalue weighted by Crippen LogP contribution is 2.22. The van der Waals surface area contributed by atoms with E-state index in [0.717, 1.165) is 13.1 Å². The summed E-state index contributed by atoms with van der Waals surface area (Å²) in [5, 5.41) is 9.24. The molecular weight excluding hydrogens is 276 g/mol. The van der Waals surface area contributed by atoms with Crippen LogP contribution in [0.3, 0.4) is 0 Å². The van der Waals surface area contributed by atoms with Gasteiger partial charge in [-0.15, -0.1) is 0 Å². The van der Waals surface area contributed by atoms with Crippen molar-refractivity contribution in [1.82, 2.24) is 9.21 Å². The van der Waals surface area contributed by atoms with Gasteiger partial charge in [0.25, 0.3) is 0 Å². The third-order valence-corrected chi connectivity index (χ3v) is 5.57. The molecule has 0 saturated carbocycles. The summed E-state index contributed by atoms with van der Waals surface area (Å²) < 4.78 is 26.5. The van der Waals surface area contributed by atoms with Crippen molar-refractivity contribution in [1.29, 1.82) is 0 Å². The molecule has 0 aromatic heterocycles. The quantitative estimate of drug-likeness (QED) is 0.899. The summed E-state index contributed by atoms with van der Waals surface area (Å²) in [4.78, 5) is 2.52. The summed E-state index contributed by atoms with van der Waals surface area (Å²) >= 11 is 0. The van der Waals surface area contributed by atoms with Gasteiger partial charge in [-0.2, -0.15) is 4.31 Å². The second-order valence-electron chi connectivity index (χ2n) is 6.06. The summed E-state index contributed by atoms with van der Waals surface area (Å²) in [5.74, 6) is 0.0708. The molecule has 1 aromatic rings. The zero-order valence-electron chi connectivity index (χ0n) is 12.2. The maximum Gasteiger partial charge on any atom is 0.243 e. The molecule has 0 aliphatic carbocycles. The first-order valence-corrected chi connectivity index (χ1v) is 8.19. The minimum atomic E-state index is -3.45. The predicted molar refractivity (Wildman–Crippen MR) is 78.2 cm³/mol. The van der Waals surface area contributed by atoms with Crippen molar-refractivity contribution in [3.63, 3.8) is 0 Å². The maximum atomic E-state index is 12.5. The molecule has 1 fully saturated rings. The Balaban J connectivity index is 2.11. The average molecular weight is 298 g/mol. The second kappa shape index (κ2) is 5.35. The van der Waals surface area contributed by atoms with Gasteiger partial charge in [-0.3, -0.25) is 4.90 Å². The van der Waals surface area contributed by atoms with E-state index in [0.29, 0.717) is 13.1 Å². The lowest BCUT2D eigenvalue weighted by molar-refractivity contribution is 0.0922. The summed E-state index contributed by atoms with van der Waals surface area (Å²) in [5.41, 5.74) is 0.0639. The number of phenolic OH excluding ortho intramolecular Hbond substituents is 1. The molecule has 2 rings (SSSR count). The molecule has 0 bridgehead atoms. The van der Waals surface area contributed by atoms with Gasteiger partial charge in [-0.1, -0.05) is 0 Å². The Bertz CT molecular complexity index is 553. The first kappa shape index (κ1) is 15.3. The van der Waals surface area contributed by atoms with Crippen LogP contribution in [0.25, 0.3) is 0 Å². The molecule has 5 nitrogen and oxygen atoms in total. The monoisotopic (exact) mass is 298 g/mol. The standard InChI is InChI=1S/C14H22N2O3S/c1-14(2,3)15-8-10-16(11-9-15)20(18,19)13-6-4-12(17)5-7-13/h4-7,17H,8-11H2,1-3H3. The average Bonchev–Trinajstić information content (AvgIpc) is 2.38. The number of sulfonamides is 1. The van der Waals surface area contributed by atoms with Gasteiger partial charge in [0.15, 0.2) is 0 Å². The Morgan fingerprint density at radius 3 is 1.95 bits per heavy atom.